The Balaban J connectivity index is 2.04. The lowest BCUT2D eigenvalue weighted by Crippen LogP contribution is -1.99. The highest BCUT2D eigenvalue weighted by molar-refractivity contribution is 6.01. The van der Waals surface area contributed by atoms with E-state index in [1.165, 1.54) is 19.3 Å². The molecule has 1 N–H and O–H groups in total. The Labute approximate surface area is 131 Å². The molecule has 2 rings (SSSR count). The number of carboxylic acid groups (broad SMARTS) is 1. The number of hydrogen-bond donors (Lipinski definition) is 1. The van der Waals surface area contributed by atoms with Crippen LogP contribution in [0.5, 0.6) is 0 Å². The maximum atomic E-state index is 12.2. The summed E-state index contributed by atoms with van der Waals surface area (Å²) in [7, 11) is 0. The first-order chi connectivity index (χ1) is 10.6. The number of carboxylic acids is 1. The summed E-state index contributed by atoms with van der Waals surface area (Å²) in [6.07, 6.45) is 6.26. The fraction of sp³-hybridized carbons (Fsp3) is 0.368. The zero-order valence-corrected chi connectivity index (χ0v) is 13.0. The van der Waals surface area contributed by atoms with Gasteiger partial charge in [-0.1, -0.05) is 50.8 Å². The van der Waals surface area contributed by atoms with Gasteiger partial charge in [0.1, 0.15) is 0 Å². The van der Waals surface area contributed by atoms with Gasteiger partial charge in [0, 0.05) is 12.0 Å². The number of carbonyl (C=O) groups excluding carboxylic acids is 1. The first-order valence-corrected chi connectivity index (χ1v) is 7.92. The lowest BCUT2D eigenvalue weighted by molar-refractivity contribution is 0.0696. The molecule has 0 aliphatic rings. The molecule has 0 heterocycles. The molecule has 3 nitrogen and oxygen atoms in total. The third-order valence-corrected chi connectivity index (χ3v) is 3.92. The number of unbranched alkanes of at least 4 members (excludes halogenated alkanes) is 4. The molecule has 0 aliphatic heterocycles. The van der Waals surface area contributed by atoms with Crippen molar-refractivity contribution in [2.75, 3.05) is 0 Å². The summed E-state index contributed by atoms with van der Waals surface area (Å²) in [6, 6.07) is 10.4. The van der Waals surface area contributed by atoms with Gasteiger partial charge in [-0.25, -0.2) is 4.79 Å². The number of aromatic carboxylic acids is 1. The maximum Gasteiger partial charge on any atom is 0.335 e. The normalized spacial score (nSPS) is 10.8. The average molecular weight is 298 g/mol. The van der Waals surface area contributed by atoms with Crippen molar-refractivity contribution >= 4 is 22.5 Å². The van der Waals surface area contributed by atoms with Gasteiger partial charge in [-0.3, -0.25) is 4.79 Å². The predicted octanol–water partition coefficient (Wildman–Crippen LogP) is 5.08. The molecular formula is C19H22O3. The monoisotopic (exact) mass is 298 g/mol. The van der Waals surface area contributed by atoms with E-state index in [1.807, 2.05) is 12.1 Å². The van der Waals surface area contributed by atoms with Gasteiger partial charge < -0.3 is 5.11 Å². The van der Waals surface area contributed by atoms with Crippen LogP contribution in [0.1, 0.15) is 66.2 Å². The molecule has 116 valence electrons. The molecule has 2 aromatic rings. The molecule has 0 atom stereocenters. The van der Waals surface area contributed by atoms with Gasteiger partial charge in [0.15, 0.2) is 5.78 Å². The minimum absolute atomic E-state index is 0.167. The van der Waals surface area contributed by atoms with Gasteiger partial charge >= 0.3 is 5.97 Å². The lowest BCUT2D eigenvalue weighted by atomic mass is 9.99. The van der Waals surface area contributed by atoms with Crippen molar-refractivity contribution in [3.8, 4) is 0 Å². The van der Waals surface area contributed by atoms with E-state index in [0.717, 1.165) is 23.6 Å². The largest absolute Gasteiger partial charge is 0.478 e. The molecule has 0 spiro atoms. The van der Waals surface area contributed by atoms with Gasteiger partial charge in [-0.05, 0) is 35.4 Å². The third kappa shape index (κ3) is 4.17. The standard InChI is InChI=1S/C19H22O3/c1-2-3-4-5-6-7-18(20)16-10-8-15-13-17(19(21)22)11-9-14(15)12-16/h8-13H,2-7H2,1H3,(H,21,22). The van der Waals surface area contributed by atoms with Crippen LogP contribution < -0.4 is 0 Å². The second-order valence-corrected chi connectivity index (χ2v) is 5.67. The third-order valence-electron chi connectivity index (χ3n) is 3.92. The minimum Gasteiger partial charge on any atom is -0.478 e. The average Bonchev–Trinajstić information content (AvgIpc) is 2.53. The molecule has 22 heavy (non-hydrogen) atoms. The molecule has 0 bridgehead atoms. The Morgan fingerprint density at radius 3 is 2.09 bits per heavy atom. The summed E-state index contributed by atoms with van der Waals surface area (Å²) >= 11 is 0. The molecule has 0 saturated carbocycles. The van der Waals surface area contributed by atoms with Crippen molar-refractivity contribution in [1.82, 2.24) is 0 Å². The SMILES string of the molecule is CCCCCCCC(=O)c1ccc2cc(C(=O)O)ccc2c1. The highest BCUT2D eigenvalue weighted by Gasteiger charge is 2.08. The van der Waals surface area contributed by atoms with Crippen LogP contribution in [-0.4, -0.2) is 16.9 Å². The van der Waals surface area contributed by atoms with Crippen LogP contribution in [0.25, 0.3) is 10.8 Å². The number of fused-ring (bicyclic) bond motifs is 1. The summed E-state index contributed by atoms with van der Waals surface area (Å²) in [5, 5.41) is 10.7. The predicted molar refractivity (Wildman–Crippen MR) is 88.6 cm³/mol. The molecule has 0 saturated heterocycles. The molecule has 0 aromatic heterocycles. The molecule has 0 radical (unpaired) electrons. The van der Waals surface area contributed by atoms with E-state index in [2.05, 4.69) is 6.92 Å². The quantitative estimate of drug-likeness (QED) is 0.546. The van der Waals surface area contributed by atoms with Crippen molar-refractivity contribution in [3.05, 3.63) is 47.5 Å². The summed E-state index contributed by atoms with van der Waals surface area (Å²) in [5.41, 5.74) is 0.980. The number of carbonyl (C=O) groups is 2. The van der Waals surface area contributed by atoms with Crippen molar-refractivity contribution in [1.29, 1.82) is 0 Å². The molecule has 0 fully saturated rings. The Morgan fingerprint density at radius 2 is 1.45 bits per heavy atom. The van der Waals surface area contributed by atoms with Crippen LogP contribution in [0.4, 0.5) is 0 Å². The molecule has 2 aromatic carbocycles. The van der Waals surface area contributed by atoms with Crippen LogP contribution in [0.2, 0.25) is 0 Å². The topological polar surface area (TPSA) is 54.4 Å². The van der Waals surface area contributed by atoms with Gasteiger partial charge in [-0.2, -0.15) is 0 Å². The summed E-state index contributed by atoms with van der Waals surface area (Å²) < 4.78 is 0. The second kappa shape index (κ2) is 7.74. The van der Waals surface area contributed by atoms with E-state index in [1.54, 1.807) is 24.3 Å². The van der Waals surface area contributed by atoms with Gasteiger partial charge in [0.2, 0.25) is 0 Å². The van der Waals surface area contributed by atoms with Crippen LogP contribution in [0.15, 0.2) is 36.4 Å². The number of benzene rings is 2. The zero-order chi connectivity index (χ0) is 15.9. The van der Waals surface area contributed by atoms with E-state index in [4.69, 9.17) is 5.11 Å². The number of Topliss-reactive ketones (excluding diaryl/α,β-unsaturated/α-hetero) is 1. The number of hydrogen-bond acceptors (Lipinski definition) is 2. The molecule has 0 amide bonds. The van der Waals surface area contributed by atoms with E-state index >= 15 is 0 Å². The number of rotatable bonds is 8. The molecule has 0 aliphatic carbocycles. The van der Waals surface area contributed by atoms with Crippen molar-refractivity contribution in [2.24, 2.45) is 0 Å². The summed E-state index contributed by atoms with van der Waals surface area (Å²) in [5.74, 6) is -0.769. The van der Waals surface area contributed by atoms with Gasteiger partial charge in [0.25, 0.3) is 0 Å². The maximum absolute atomic E-state index is 12.2. The van der Waals surface area contributed by atoms with Crippen LogP contribution in [0, 0.1) is 0 Å². The smallest absolute Gasteiger partial charge is 0.335 e. The highest BCUT2D eigenvalue weighted by atomic mass is 16.4. The van der Waals surface area contributed by atoms with Crippen LogP contribution in [-0.2, 0) is 0 Å². The van der Waals surface area contributed by atoms with E-state index < -0.39 is 5.97 Å². The minimum atomic E-state index is -0.936. The van der Waals surface area contributed by atoms with E-state index in [-0.39, 0.29) is 11.3 Å². The number of ketones is 1. The van der Waals surface area contributed by atoms with Crippen molar-refractivity contribution in [3.63, 3.8) is 0 Å². The van der Waals surface area contributed by atoms with Gasteiger partial charge in [0.05, 0.1) is 5.56 Å². The Kier molecular flexibility index (Phi) is 5.70. The van der Waals surface area contributed by atoms with E-state index in [9.17, 15) is 9.59 Å². The fourth-order valence-corrected chi connectivity index (χ4v) is 2.59. The highest BCUT2D eigenvalue weighted by Crippen LogP contribution is 2.20. The lowest BCUT2D eigenvalue weighted by Gasteiger charge is -2.05. The first-order valence-electron chi connectivity index (χ1n) is 7.92. The molecular weight excluding hydrogens is 276 g/mol. The Bertz CT molecular complexity index is 673. The van der Waals surface area contributed by atoms with Crippen molar-refractivity contribution in [2.45, 2.75) is 45.4 Å². The Hall–Kier alpha value is -2.16. The molecule has 0 unspecified atom stereocenters. The Morgan fingerprint density at radius 1 is 0.864 bits per heavy atom. The van der Waals surface area contributed by atoms with Crippen molar-refractivity contribution < 1.29 is 14.7 Å². The van der Waals surface area contributed by atoms with Crippen LogP contribution >= 0.6 is 0 Å². The first kappa shape index (κ1) is 16.2. The summed E-state index contributed by atoms with van der Waals surface area (Å²) in [4.78, 5) is 23.2. The van der Waals surface area contributed by atoms with Gasteiger partial charge in [-0.15, -0.1) is 0 Å². The molecule has 3 heteroatoms. The zero-order valence-electron chi connectivity index (χ0n) is 13.0. The van der Waals surface area contributed by atoms with Crippen LogP contribution in [0.3, 0.4) is 0 Å². The fourth-order valence-electron chi connectivity index (χ4n) is 2.59. The van der Waals surface area contributed by atoms with E-state index in [0.29, 0.717) is 12.0 Å². The summed E-state index contributed by atoms with van der Waals surface area (Å²) in [6.45, 7) is 2.18. The second-order valence-electron chi connectivity index (χ2n) is 5.67.